The van der Waals surface area contributed by atoms with Crippen molar-refractivity contribution in [1.29, 1.82) is 0 Å². The number of hydrogen-bond acceptors (Lipinski definition) is 3. The van der Waals surface area contributed by atoms with E-state index in [-0.39, 0.29) is 12.1 Å². The fraction of sp³-hybridized carbons (Fsp3) is 0.375. The number of carbonyl (C=O) groups excluding carboxylic acids is 1. The van der Waals surface area contributed by atoms with E-state index in [0.717, 1.165) is 23.1 Å². The van der Waals surface area contributed by atoms with E-state index < -0.39 is 18.4 Å². The first-order valence-corrected chi connectivity index (χ1v) is 11.9. The average Bonchev–Trinajstić information content (AvgIpc) is 2.72. The van der Waals surface area contributed by atoms with E-state index in [2.05, 4.69) is 0 Å². The van der Waals surface area contributed by atoms with E-state index >= 15 is 0 Å². The molecule has 3 unspecified atom stereocenters. The molecule has 0 fully saturated rings. The van der Waals surface area contributed by atoms with Gasteiger partial charge in [-0.1, -0.05) is 74.0 Å². The lowest BCUT2D eigenvalue weighted by Gasteiger charge is -2.44. The Morgan fingerprint density at radius 2 is 1.83 bits per heavy atom. The Bertz CT molecular complexity index is 950. The third-order valence-corrected chi connectivity index (χ3v) is 8.75. The summed E-state index contributed by atoms with van der Waals surface area (Å²) in [5.74, 6) is -0.966. The largest absolute Gasteiger partial charge is 0.469 e. The molecule has 5 heteroatoms. The molecule has 0 amide bonds. The van der Waals surface area contributed by atoms with Gasteiger partial charge in [-0.05, 0) is 42.0 Å². The first-order chi connectivity index (χ1) is 13.8. The summed E-state index contributed by atoms with van der Waals surface area (Å²) in [5.41, 5.74) is 3.60. The molecule has 1 N–H and O–H groups in total. The number of benzene rings is 2. The highest BCUT2D eigenvalue weighted by Crippen LogP contribution is 2.66. The van der Waals surface area contributed by atoms with Crippen LogP contribution in [0, 0.1) is 5.92 Å². The summed E-state index contributed by atoms with van der Waals surface area (Å²) in [6, 6.07) is 17.3. The first-order valence-electron chi connectivity index (χ1n) is 10.1. The fourth-order valence-corrected chi connectivity index (χ4v) is 7.18. The van der Waals surface area contributed by atoms with Gasteiger partial charge in [0.2, 0.25) is 7.37 Å². The fourth-order valence-electron chi connectivity index (χ4n) is 4.52. The molecule has 2 aromatic rings. The number of carbonyl (C=O) groups is 1. The minimum absolute atomic E-state index is 0.0846. The van der Waals surface area contributed by atoms with Crippen LogP contribution >= 0.6 is 7.37 Å². The highest BCUT2D eigenvalue weighted by atomic mass is 31.2. The Balaban J connectivity index is 2.17. The number of methoxy groups -OCH3 is 1. The highest BCUT2D eigenvalue weighted by molar-refractivity contribution is 7.59. The molecule has 0 radical (unpaired) electrons. The Kier molecular flexibility index (Phi) is 6.45. The maximum atomic E-state index is 14.0. The molecule has 3 atom stereocenters. The van der Waals surface area contributed by atoms with Gasteiger partial charge in [0.1, 0.15) is 0 Å². The summed E-state index contributed by atoms with van der Waals surface area (Å²) in [5, 5.41) is -0.987. The predicted octanol–water partition coefficient (Wildman–Crippen LogP) is 5.44. The van der Waals surface area contributed by atoms with E-state index in [9.17, 15) is 14.3 Å². The summed E-state index contributed by atoms with van der Waals surface area (Å²) >= 11 is 0. The zero-order valence-electron chi connectivity index (χ0n) is 17.3. The van der Waals surface area contributed by atoms with Crippen molar-refractivity contribution >= 4 is 19.4 Å². The van der Waals surface area contributed by atoms with Gasteiger partial charge >= 0.3 is 5.97 Å². The molecule has 0 bridgehead atoms. The highest BCUT2D eigenvalue weighted by Gasteiger charge is 2.52. The van der Waals surface area contributed by atoms with Gasteiger partial charge in [0, 0.05) is 0 Å². The van der Waals surface area contributed by atoms with Gasteiger partial charge in [-0.25, -0.2) is 0 Å². The molecule has 0 aromatic heterocycles. The van der Waals surface area contributed by atoms with E-state index in [4.69, 9.17) is 4.74 Å². The normalized spacial score (nSPS) is 21.4. The Morgan fingerprint density at radius 1 is 1.17 bits per heavy atom. The molecule has 0 heterocycles. The lowest BCUT2D eigenvalue weighted by atomic mass is 9.75. The van der Waals surface area contributed by atoms with Crippen LogP contribution in [0.25, 0.3) is 6.08 Å². The molecule has 154 valence electrons. The van der Waals surface area contributed by atoms with Gasteiger partial charge in [0.15, 0.2) is 0 Å². The maximum absolute atomic E-state index is 14.0. The van der Waals surface area contributed by atoms with Crippen LogP contribution in [0.15, 0.2) is 60.2 Å². The molecular weight excluding hydrogens is 383 g/mol. The second-order valence-electron chi connectivity index (χ2n) is 7.85. The van der Waals surface area contributed by atoms with Crippen molar-refractivity contribution in [3.63, 3.8) is 0 Å². The van der Waals surface area contributed by atoms with Gasteiger partial charge in [-0.3, -0.25) is 9.36 Å². The zero-order chi connectivity index (χ0) is 21.1. The molecule has 0 aliphatic heterocycles. The second-order valence-corrected chi connectivity index (χ2v) is 10.4. The Hall–Kier alpha value is -2.16. The van der Waals surface area contributed by atoms with E-state index in [1.54, 1.807) is 6.92 Å². The number of rotatable bonds is 7. The van der Waals surface area contributed by atoms with E-state index in [0.29, 0.717) is 18.4 Å². The molecular formula is C24H29O4P. The van der Waals surface area contributed by atoms with Gasteiger partial charge in [0.05, 0.1) is 24.3 Å². The summed E-state index contributed by atoms with van der Waals surface area (Å²) in [6.45, 7) is 3.80. The van der Waals surface area contributed by atoms with Crippen LogP contribution in [0.4, 0.5) is 0 Å². The van der Waals surface area contributed by atoms with Crippen molar-refractivity contribution in [3.05, 3.63) is 76.9 Å². The first kappa shape index (κ1) is 21.5. The van der Waals surface area contributed by atoms with Crippen molar-refractivity contribution in [1.82, 2.24) is 0 Å². The van der Waals surface area contributed by atoms with E-state index in [1.165, 1.54) is 7.11 Å². The molecule has 4 nitrogen and oxygen atoms in total. The van der Waals surface area contributed by atoms with Gasteiger partial charge < -0.3 is 9.63 Å². The quantitative estimate of drug-likeness (QED) is 0.486. The minimum Gasteiger partial charge on any atom is -0.469 e. The molecule has 1 aliphatic carbocycles. The van der Waals surface area contributed by atoms with Crippen LogP contribution in [0.3, 0.4) is 0 Å². The number of hydrogen-bond donors (Lipinski definition) is 1. The Labute approximate surface area is 173 Å². The molecule has 0 spiro atoms. The van der Waals surface area contributed by atoms with Crippen molar-refractivity contribution in [2.24, 2.45) is 5.92 Å². The Morgan fingerprint density at radius 3 is 2.48 bits per heavy atom. The molecule has 0 saturated carbocycles. The number of ether oxygens (including phenoxy) is 1. The van der Waals surface area contributed by atoms with Gasteiger partial charge in [0.25, 0.3) is 0 Å². The molecule has 2 aromatic carbocycles. The van der Waals surface area contributed by atoms with Gasteiger partial charge in [-0.15, -0.1) is 0 Å². The molecule has 3 rings (SSSR count). The van der Waals surface area contributed by atoms with Crippen LogP contribution < -0.4 is 0 Å². The summed E-state index contributed by atoms with van der Waals surface area (Å²) < 4.78 is 19.1. The topological polar surface area (TPSA) is 63.6 Å². The van der Waals surface area contributed by atoms with Crippen molar-refractivity contribution < 1.29 is 19.0 Å². The molecule has 1 aliphatic rings. The predicted molar refractivity (Wildman–Crippen MR) is 117 cm³/mol. The monoisotopic (exact) mass is 412 g/mol. The minimum atomic E-state index is -3.73. The standard InChI is InChI=1S/C24H29O4P/c1-4-14-24(29(26,27)17-19-10-6-5-7-11-19)16-21-13-9-8-12-20(21)15-22(24)18(2)23(25)28-3/h5-13,15,18H,4,14,16-17H2,1-3H3,(H,26,27). The molecule has 29 heavy (non-hydrogen) atoms. The maximum Gasteiger partial charge on any atom is 0.312 e. The zero-order valence-corrected chi connectivity index (χ0v) is 18.2. The van der Waals surface area contributed by atoms with Crippen LogP contribution in [0.5, 0.6) is 0 Å². The number of esters is 1. The van der Waals surface area contributed by atoms with Crippen molar-refractivity contribution in [2.45, 2.75) is 44.4 Å². The average molecular weight is 412 g/mol. The molecule has 0 saturated heterocycles. The third-order valence-electron chi connectivity index (χ3n) is 5.98. The summed E-state index contributed by atoms with van der Waals surface area (Å²) in [7, 11) is -2.37. The van der Waals surface area contributed by atoms with Crippen LogP contribution in [-0.2, 0) is 26.7 Å². The van der Waals surface area contributed by atoms with Crippen molar-refractivity contribution in [3.8, 4) is 0 Å². The third kappa shape index (κ3) is 4.10. The summed E-state index contributed by atoms with van der Waals surface area (Å²) in [6.07, 6.45) is 3.76. The lowest BCUT2D eigenvalue weighted by molar-refractivity contribution is -0.143. The number of fused-ring (bicyclic) bond motifs is 1. The van der Waals surface area contributed by atoms with Crippen LogP contribution in [0.2, 0.25) is 0 Å². The SMILES string of the molecule is CCCC1(P(=O)(O)Cc2ccccc2)Cc2ccccc2C=C1C(C)C(=O)OC. The van der Waals surface area contributed by atoms with Crippen LogP contribution in [0.1, 0.15) is 43.4 Å². The smallest absolute Gasteiger partial charge is 0.312 e. The van der Waals surface area contributed by atoms with Gasteiger partial charge in [-0.2, -0.15) is 0 Å². The van der Waals surface area contributed by atoms with Crippen molar-refractivity contribution in [2.75, 3.05) is 7.11 Å². The second kappa shape index (κ2) is 8.69. The summed E-state index contributed by atoms with van der Waals surface area (Å²) in [4.78, 5) is 24.0. The van der Waals surface area contributed by atoms with E-state index in [1.807, 2.05) is 67.6 Å². The van der Waals surface area contributed by atoms with Crippen LogP contribution in [-0.4, -0.2) is 23.1 Å². The lowest BCUT2D eigenvalue weighted by Crippen LogP contribution is -2.41.